The van der Waals surface area contributed by atoms with Gasteiger partial charge in [0, 0.05) is 12.1 Å². The third kappa shape index (κ3) is 20.5. The number of carboxylic acid groups (broad SMARTS) is 1. The Hall–Kier alpha value is -2.05. The molecule has 11 nitrogen and oxygen atoms in total. The third-order valence-corrected chi connectivity index (χ3v) is 2.95. The van der Waals surface area contributed by atoms with E-state index in [4.69, 9.17) is 28.8 Å². The highest BCUT2D eigenvalue weighted by molar-refractivity contribution is 5.86. The molecule has 0 aliphatic heterocycles. The second-order valence-corrected chi connectivity index (χ2v) is 5.60. The molecule has 0 aromatic carbocycles. The molecule has 0 aromatic heterocycles. The Morgan fingerprint density at radius 2 is 1.24 bits per heavy atom. The van der Waals surface area contributed by atoms with E-state index < -0.39 is 24.5 Å². The number of amides is 1. The van der Waals surface area contributed by atoms with Gasteiger partial charge in [0.2, 0.25) is 5.91 Å². The lowest BCUT2D eigenvalue weighted by Crippen LogP contribution is -2.31. The van der Waals surface area contributed by atoms with E-state index >= 15 is 0 Å². The van der Waals surface area contributed by atoms with Crippen molar-refractivity contribution in [1.82, 2.24) is 5.32 Å². The summed E-state index contributed by atoms with van der Waals surface area (Å²) in [5.74, 6) is -1.96. The molecule has 0 aromatic rings. The zero-order valence-corrected chi connectivity index (χ0v) is 16.8. The van der Waals surface area contributed by atoms with Crippen molar-refractivity contribution in [1.29, 1.82) is 0 Å². The normalized spacial score (nSPS) is 10.5. The van der Waals surface area contributed by atoms with Crippen LogP contribution in [-0.2, 0) is 42.8 Å². The van der Waals surface area contributed by atoms with Crippen LogP contribution in [0, 0.1) is 0 Å². The highest BCUT2D eigenvalue weighted by Crippen LogP contribution is 1.91. The van der Waals surface area contributed by atoms with Crippen LogP contribution in [0.3, 0.4) is 0 Å². The molecule has 168 valence electrons. The lowest BCUT2D eigenvalue weighted by atomic mass is 10.4. The number of carboxylic acids is 1. The Balaban J connectivity index is 3.18. The molecule has 29 heavy (non-hydrogen) atoms. The second-order valence-electron chi connectivity index (χ2n) is 5.60. The SMILES string of the molecule is C=C(C)C(=O)OCCOCCOCCOCCOCCNC(=O)COCC(=O)O. The first-order valence-corrected chi connectivity index (χ1v) is 9.13. The molecule has 0 fully saturated rings. The van der Waals surface area contributed by atoms with Crippen LogP contribution in [0.1, 0.15) is 6.92 Å². The molecule has 0 atom stereocenters. The maximum absolute atomic E-state index is 11.3. The van der Waals surface area contributed by atoms with E-state index in [1.165, 1.54) is 0 Å². The van der Waals surface area contributed by atoms with E-state index in [0.717, 1.165) is 0 Å². The Morgan fingerprint density at radius 3 is 1.72 bits per heavy atom. The highest BCUT2D eigenvalue weighted by Gasteiger charge is 2.03. The first-order chi connectivity index (χ1) is 13.9. The summed E-state index contributed by atoms with van der Waals surface area (Å²) >= 11 is 0. The van der Waals surface area contributed by atoms with Gasteiger partial charge in [-0.25, -0.2) is 9.59 Å². The zero-order chi connectivity index (χ0) is 21.7. The van der Waals surface area contributed by atoms with Crippen LogP contribution in [0.2, 0.25) is 0 Å². The Kier molecular flexibility index (Phi) is 17.9. The van der Waals surface area contributed by atoms with Gasteiger partial charge in [-0.3, -0.25) is 4.79 Å². The first kappa shape index (κ1) is 27.0. The van der Waals surface area contributed by atoms with Gasteiger partial charge in [0.15, 0.2) is 0 Å². The lowest BCUT2D eigenvalue weighted by Gasteiger charge is -2.08. The van der Waals surface area contributed by atoms with Gasteiger partial charge >= 0.3 is 11.9 Å². The zero-order valence-electron chi connectivity index (χ0n) is 16.8. The molecule has 0 unspecified atom stereocenters. The maximum Gasteiger partial charge on any atom is 0.333 e. The van der Waals surface area contributed by atoms with Crippen LogP contribution in [0.5, 0.6) is 0 Å². The minimum absolute atomic E-state index is 0.178. The Bertz CT molecular complexity index is 483. The van der Waals surface area contributed by atoms with Gasteiger partial charge < -0.3 is 38.8 Å². The van der Waals surface area contributed by atoms with E-state index in [-0.39, 0.29) is 13.2 Å². The Labute approximate surface area is 170 Å². The van der Waals surface area contributed by atoms with Crippen LogP contribution in [0.25, 0.3) is 0 Å². The number of hydrogen-bond acceptors (Lipinski definition) is 9. The summed E-state index contributed by atoms with van der Waals surface area (Å²) in [5, 5.41) is 10.9. The van der Waals surface area contributed by atoms with Crippen molar-refractivity contribution in [2.75, 3.05) is 79.2 Å². The lowest BCUT2D eigenvalue weighted by molar-refractivity contribution is -0.144. The fraction of sp³-hybridized carbons (Fsp3) is 0.722. The number of aliphatic carboxylic acids is 1. The van der Waals surface area contributed by atoms with E-state index in [1.54, 1.807) is 6.92 Å². The topological polar surface area (TPSA) is 139 Å². The summed E-state index contributed by atoms with van der Waals surface area (Å²) in [6.45, 7) is 7.71. The smallest absolute Gasteiger partial charge is 0.333 e. The molecule has 0 rings (SSSR count). The first-order valence-electron chi connectivity index (χ1n) is 9.13. The maximum atomic E-state index is 11.3. The van der Waals surface area contributed by atoms with Crippen LogP contribution < -0.4 is 5.32 Å². The molecule has 0 saturated heterocycles. The van der Waals surface area contributed by atoms with Crippen molar-refractivity contribution < 1.29 is 47.9 Å². The fourth-order valence-corrected chi connectivity index (χ4v) is 1.62. The van der Waals surface area contributed by atoms with Crippen molar-refractivity contribution in [2.24, 2.45) is 0 Å². The number of rotatable bonds is 20. The standard InChI is InChI=1S/C18H31NO10/c1-15(2)18(23)29-12-11-27-10-9-26-8-7-25-6-5-24-4-3-19-16(20)13-28-14-17(21)22/h1,3-14H2,2H3,(H,19,20)(H,21,22). The van der Waals surface area contributed by atoms with E-state index in [9.17, 15) is 14.4 Å². The number of ether oxygens (including phenoxy) is 6. The van der Waals surface area contributed by atoms with E-state index in [2.05, 4.69) is 16.6 Å². The largest absolute Gasteiger partial charge is 0.480 e. The Morgan fingerprint density at radius 1 is 0.759 bits per heavy atom. The van der Waals surface area contributed by atoms with E-state index in [1.807, 2.05) is 0 Å². The predicted octanol–water partition coefficient (Wildman–Crippen LogP) is -0.610. The highest BCUT2D eigenvalue weighted by atomic mass is 16.6. The molecule has 0 aliphatic carbocycles. The van der Waals surface area contributed by atoms with Crippen molar-refractivity contribution in [3.05, 3.63) is 12.2 Å². The summed E-state index contributed by atoms with van der Waals surface area (Å²) in [5.41, 5.74) is 0.352. The molecule has 11 heteroatoms. The molecule has 0 saturated carbocycles. The van der Waals surface area contributed by atoms with Crippen LogP contribution in [0.4, 0.5) is 0 Å². The monoisotopic (exact) mass is 421 g/mol. The summed E-state index contributed by atoms with van der Waals surface area (Å²) in [6, 6.07) is 0. The molecule has 0 radical (unpaired) electrons. The van der Waals surface area contributed by atoms with Crippen molar-refractivity contribution in [3.8, 4) is 0 Å². The second kappa shape index (κ2) is 19.3. The fourth-order valence-electron chi connectivity index (χ4n) is 1.62. The molecule has 2 N–H and O–H groups in total. The molecule has 0 aliphatic rings. The molecular formula is C18H31NO10. The van der Waals surface area contributed by atoms with Gasteiger partial charge in [-0.05, 0) is 6.92 Å². The minimum Gasteiger partial charge on any atom is -0.480 e. The van der Waals surface area contributed by atoms with Gasteiger partial charge in [-0.1, -0.05) is 6.58 Å². The van der Waals surface area contributed by atoms with Gasteiger partial charge in [0.05, 0.1) is 52.9 Å². The summed E-state index contributed by atoms with van der Waals surface area (Å²) in [7, 11) is 0. The summed E-state index contributed by atoms with van der Waals surface area (Å²) in [6.07, 6.45) is 0. The van der Waals surface area contributed by atoms with Gasteiger partial charge in [-0.15, -0.1) is 0 Å². The number of carbonyl (C=O) groups is 3. The van der Waals surface area contributed by atoms with Crippen LogP contribution >= 0.6 is 0 Å². The van der Waals surface area contributed by atoms with Gasteiger partial charge in [0.1, 0.15) is 19.8 Å². The van der Waals surface area contributed by atoms with Crippen LogP contribution in [0.15, 0.2) is 12.2 Å². The molecule has 0 bridgehead atoms. The number of hydrogen-bond donors (Lipinski definition) is 2. The third-order valence-electron chi connectivity index (χ3n) is 2.95. The van der Waals surface area contributed by atoms with Crippen LogP contribution in [-0.4, -0.2) is 102 Å². The average molecular weight is 421 g/mol. The van der Waals surface area contributed by atoms with Crippen molar-refractivity contribution in [3.63, 3.8) is 0 Å². The van der Waals surface area contributed by atoms with E-state index in [0.29, 0.717) is 65.0 Å². The molecule has 1 amide bonds. The number of esters is 1. The summed E-state index contributed by atoms with van der Waals surface area (Å²) < 4.78 is 30.6. The molecule has 0 spiro atoms. The predicted molar refractivity (Wildman–Crippen MR) is 101 cm³/mol. The molecular weight excluding hydrogens is 390 g/mol. The van der Waals surface area contributed by atoms with Gasteiger partial charge in [0.25, 0.3) is 0 Å². The minimum atomic E-state index is -1.13. The quantitative estimate of drug-likeness (QED) is 0.149. The number of carbonyl (C=O) groups excluding carboxylic acids is 2. The summed E-state index contributed by atoms with van der Waals surface area (Å²) in [4.78, 5) is 32.6. The van der Waals surface area contributed by atoms with Gasteiger partial charge in [-0.2, -0.15) is 0 Å². The number of nitrogens with one attached hydrogen (secondary N) is 1. The van der Waals surface area contributed by atoms with Crippen molar-refractivity contribution in [2.45, 2.75) is 6.92 Å². The average Bonchev–Trinajstić information content (AvgIpc) is 2.67. The van der Waals surface area contributed by atoms with Crippen molar-refractivity contribution >= 4 is 17.8 Å². The molecule has 0 heterocycles.